The maximum atomic E-state index is 13.3. The summed E-state index contributed by atoms with van der Waals surface area (Å²) in [5, 5.41) is 5.37. The maximum absolute atomic E-state index is 13.3. The fraction of sp³-hybridized carbons (Fsp3) is 0.318. The van der Waals surface area contributed by atoms with Crippen molar-refractivity contribution in [2.45, 2.75) is 31.1 Å². The molecule has 3 rings (SSSR count). The Bertz CT molecular complexity index is 905. The summed E-state index contributed by atoms with van der Waals surface area (Å²) in [5.74, 6) is -1.51. The first kappa shape index (κ1) is 20.5. The SMILES string of the molecule is COC(=O)CNC(=O)c1cccc(NC(=O)C2(c3ccc(F)cc3)CCCC2)c1. The van der Waals surface area contributed by atoms with Crippen LogP contribution in [0.15, 0.2) is 48.5 Å². The lowest BCUT2D eigenvalue weighted by Crippen LogP contribution is -2.38. The maximum Gasteiger partial charge on any atom is 0.325 e. The van der Waals surface area contributed by atoms with Crippen LogP contribution in [0.25, 0.3) is 0 Å². The second kappa shape index (κ2) is 8.86. The summed E-state index contributed by atoms with van der Waals surface area (Å²) in [6.07, 6.45) is 3.20. The minimum Gasteiger partial charge on any atom is -0.468 e. The molecule has 152 valence electrons. The fourth-order valence-corrected chi connectivity index (χ4v) is 3.71. The van der Waals surface area contributed by atoms with E-state index < -0.39 is 17.3 Å². The van der Waals surface area contributed by atoms with Gasteiger partial charge in [-0.2, -0.15) is 0 Å². The number of rotatable bonds is 6. The lowest BCUT2D eigenvalue weighted by molar-refractivity contribution is -0.139. The molecular weight excluding hydrogens is 375 g/mol. The number of anilines is 1. The second-order valence-corrected chi connectivity index (χ2v) is 7.09. The molecule has 29 heavy (non-hydrogen) atoms. The van der Waals surface area contributed by atoms with Gasteiger partial charge in [-0.05, 0) is 48.7 Å². The zero-order valence-electron chi connectivity index (χ0n) is 16.2. The summed E-state index contributed by atoms with van der Waals surface area (Å²) in [7, 11) is 1.24. The number of carbonyl (C=O) groups excluding carboxylic acids is 3. The van der Waals surface area contributed by atoms with Crippen LogP contribution in [0.5, 0.6) is 0 Å². The van der Waals surface area contributed by atoms with Gasteiger partial charge in [0, 0.05) is 11.3 Å². The van der Waals surface area contributed by atoms with Crippen LogP contribution < -0.4 is 10.6 Å². The Labute approximate surface area is 168 Å². The lowest BCUT2D eigenvalue weighted by Gasteiger charge is -2.28. The molecule has 0 bridgehead atoms. The van der Waals surface area contributed by atoms with Crippen LogP contribution in [0.3, 0.4) is 0 Å². The Kier molecular flexibility index (Phi) is 6.26. The summed E-state index contributed by atoms with van der Waals surface area (Å²) >= 11 is 0. The molecule has 1 aliphatic carbocycles. The smallest absolute Gasteiger partial charge is 0.325 e. The lowest BCUT2D eigenvalue weighted by atomic mass is 9.78. The fourth-order valence-electron chi connectivity index (χ4n) is 3.71. The van der Waals surface area contributed by atoms with Crippen molar-refractivity contribution in [3.05, 3.63) is 65.5 Å². The molecule has 7 heteroatoms. The number of benzene rings is 2. The zero-order valence-corrected chi connectivity index (χ0v) is 16.2. The summed E-state index contributed by atoms with van der Waals surface area (Å²) in [6.45, 7) is -0.237. The van der Waals surface area contributed by atoms with E-state index in [-0.39, 0.29) is 18.3 Å². The van der Waals surface area contributed by atoms with Gasteiger partial charge in [-0.1, -0.05) is 31.0 Å². The van der Waals surface area contributed by atoms with Gasteiger partial charge in [-0.15, -0.1) is 0 Å². The molecule has 0 unspecified atom stereocenters. The van der Waals surface area contributed by atoms with Crippen LogP contribution in [-0.2, 0) is 19.7 Å². The summed E-state index contributed by atoms with van der Waals surface area (Å²) in [6, 6.07) is 12.6. The summed E-state index contributed by atoms with van der Waals surface area (Å²) < 4.78 is 17.8. The Hall–Kier alpha value is -3.22. The monoisotopic (exact) mass is 398 g/mol. The number of hydrogen-bond acceptors (Lipinski definition) is 4. The predicted molar refractivity (Wildman–Crippen MR) is 106 cm³/mol. The molecule has 6 nitrogen and oxygen atoms in total. The molecule has 0 heterocycles. The van der Waals surface area contributed by atoms with E-state index in [0.29, 0.717) is 24.1 Å². The Balaban J connectivity index is 1.76. The van der Waals surface area contributed by atoms with Crippen molar-refractivity contribution in [1.29, 1.82) is 0 Å². The second-order valence-electron chi connectivity index (χ2n) is 7.09. The van der Waals surface area contributed by atoms with Crippen LogP contribution in [0, 0.1) is 5.82 Å². The highest BCUT2D eigenvalue weighted by molar-refractivity contribution is 6.01. The number of nitrogens with one attached hydrogen (secondary N) is 2. The topological polar surface area (TPSA) is 84.5 Å². The standard InChI is InChI=1S/C22H23FN2O4/c1-29-19(26)14-24-20(27)15-5-4-6-18(13-15)25-21(28)22(11-2-3-12-22)16-7-9-17(23)10-8-16/h4-10,13H,2-3,11-12,14H2,1H3,(H,24,27)(H,25,28). The molecule has 2 aromatic carbocycles. The highest BCUT2D eigenvalue weighted by atomic mass is 19.1. The van der Waals surface area contributed by atoms with Crippen molar-refractivity contribution in [3.8, 4) is 0 Å². The molecule has 0 saturated heterocycles. The minimum atomic E-state index is -0.711. The van der Waals surface area contributed by atoms with E-state index in [4.69, 9.17) is 0 Å². The highest BCUT2D eigenvalue weighted by Crippen LogP contribution is 2.42. The van der Waals surface area contributed by atoms with Crippen molar-refractivity contribution in [2.24, 2.45) is 0 Å². The third-order valence-electron chi connectivity index (χ3n) is 5.29. The molecule has 1 fully saturated rings. The van der Waals surface area contributed by atoms with Crippen LogP contribution >= 0.6 is 0 Å². The van der Waals surface area contributed by atoms with E-state index >= 15 is 0 Å². The highest BCUT2D eigenvalue weighted by Gasteiger charge is 2.42. The van der Waals surface area contributed by atoms with Crippen molar-refractivity contribution in [3.63, 3.8) is 0 Å². The number of carbonyl (C=O) groups is 3. The third kappa shape index (κ3) is 4.62. The number of methoxy groups -OCH3 is 1. The van der Waals surface area contributed by atoms with E-state index in [1.807, 2.05) is 0 Å². The van der Waals surface area contributed by atoms with Crippen molar-refractivity contribution in [2.75, 3.05) is 19.0 Å². The van der Waals surface area contributed by atoms with Crippen molar-refractivity contribution < 1.29 is 23.5 Å². The van der Waals surface area contributed by atoms with E-state index in [1.54, 1.807) is 36.4 Å². The van der Waals surface area contributed by atoms with Crippen LogP contribution in [-0.4, -0.2) is 31.4 Å². The van der Waals surface area contributed by atoms with Gasteiger partial charge in [0.25, 0.3) is 5.91 Å². The molecule has 0 aliphatic heterocycles. The molecule has 0 aromatic heterocycles. The molecule has 2 N–H and O–H groups in total. The number of amides is 2. The zero-order chi connectivity index (χ0) is 20.9. The average Bonchev–Trinajstić information content (AvgIpc) is 3.23. The molecule has 2 aromatic rings. The summed E-state index contributed by atoms with van der Waals surface area (Å²) in [5.41, 5.74) is 0.876. The van der Waals surface area contributed by atoms with Crippen molar-refractivity contribution in [1.82, 2.24) is 5.32 Å². The molecule has 2 amide bonds. The van der Waals surface area contributed by atoms with Gasteiger partial charge < -0.3 is 15.4 Å². The normalized spacial score (nSPS) is 14.8. The number of hydrogen-bond donors (Lipinski definition) is 2. The number of esters is 1. The molecule has 0 radical (unpaired) electrons. The Morgan fingerprint density at radius 3 is 2.41 bits per heavy atom. The number of ether oxygens (including phenoxy) is 1. The van der Waals surface area contributed by atoms with Gasteiger partial charge in [0.2, 0.25) is 5.91 Å². The first-order valence-corrected chi connectivity index (χ1v) is 9.47. The van der Waals surface area contributed by atoms with E-state index in [9.17, 15) is 18.8 Å². The molecule has 1 aliphatic rings. The predicted octanol–water partition coefficient (Wildman–Crippen LogP) is 3.18. The third-order valence-corrected chi connectivity index (χ3v) is 5.29. The van der Waals surface area contributed by atoms with Crippen LogP contribution in [0.2, 0.25) is 0 Å². The van der Waals surface area contributed by atoms with Crippen LogP contribution in [0.4, 0.5) is 10.1 Å². The molecular formula is C22H23FN2O4. The first-order valence-electron chi connectivity index (χ1n) is 9.47. The Morgan fingerprint density at radius 2 is 1.76 bits per heavy atom. The van der Waals surface area contributed by atoms with E-state index in [0.717, 1.165) is 18.4 Å². The van der Waals surface area contributed by atoms with Crippen LogP contribution in [0.1, 0.15) is 41.6 Å². The summed E-state index contributed by atoms with van der Waals surface area (Å²) in [4.78, 5) is 36.6. The quantitative estimate of drug-likeness (QED) is 0.732. The molecule has 0 atom stereocenters. The first-order chi connectivity index (χ1) is 13.9. The molecule has 1 saturated carbocycles. The average molecular weight is 398 g/mol. The van der Waals surface area contributed by atoms with E-state index in [2.05, 4.69) is 15.4 Å². The minimum absolute atomic E-state index is 0.172. The number of halogens is 1. The molecule has 0 spiro atoms. The van der Waals surface area contributed by atoms with E-state index in [1.165, 1.54) is 19.2 Å². The largest absolute Gasteiger partial charge is 0.468 e. The van der Waals surface area contributed by atoms with Gasteiger partial charge in [0.05, 0.1) is 12.5 Å². The van der Waals surface area contributed by atoms with Gasteiger partial charge in [0.1, 0.15) is 12.4 Å². The van der Waals surface area contributed by atoms with Gasteiger partial charge in [0.15, 0.2) is 0 Å². The van der Waals surface area contributed by atoms with Crippen molar-refractivity contribution >= 4 is 23.5 Å². The van der Waals surface area contributed by atoms with Gasteiger partial charge in [-0.3, -0.25) is 14.4 Å². The Morgan fingerprint density at radius 1 is 1.07 bits per heavy atom. The van der Waals surface area contributed by atoms with Gasteiger partial charge >= 0.3 is 5.97 Å². The van der Waals surface area contributed by atoms with Gasteiger partial charge in [-0.25, -0.2) is 4.39 Å².